The molecule has 0 aromatic heterocycles. The van der Waals surface area contributed by atoms with Crippen LogP contribution in [-0.2, 0) is 0 Å². The maximum Gasteiger partial charge on any atom is 0.673 e. The molecule has 0 nitrogen and oxygen atoms in total. The Labute approximate surface area is 103 Å². The van der Waals surface area contributed by atoms with E-state index in [2.05, 4.69) is 55.0 Å². The Kier molecular flexibility index (Phi) is 5.30. The fourth-order valence-electron chi connectivity index (χ4n) is 1.29. The van der Waals surface area contributed by atoms with Gasteiger partial charge in [0.05, 0.1) is 11.1 Å². The standard InChI is InChI=1S/C13H11.BF4/c1-3-7-12(8-4-1)11-13-9-5-2-6-10-13;2-1(3,4)5/h1-11H;/q+1;-1. The molecule has 0 N–H and O–H groups in total. The second kappa shape index (κ2) is 6.74. The Morgan fingerprint density at radius 1 is 0.611 bits per heavy atom. The molecule has 2 aromatic carbocycles. The maximum atomic E-state index is 9.75. The van der Waals surface area contributed by atoms with Crippen LogP contribution in [-0.4, -0.2) is 7.25 Å². The van der Waals surface area contributed by atoms with Crippen LogP contribution in [0.15, 0.2) is 60.7 Å². The molecule has 2 aromatic rings. The van der Waals surface area contributed by atoms with Gasteiger partial charge >= 0.3 is 7.25 Å². The van der Waals surface area contributed by atoms with Crippen molar-refractivity contribution in [2.24, 2.45) is 0 Å². The highest BCUT2D eigenvalue weighted by Crippen LogP contribution is 2.10. The number of hydrogen-bond acceptors (Lipinski definition) is 0. The van der Waals surface area contributed by atoms with Gasteiger partial charge in [-0.3, -0.25) is 0 Å². The van der Waals surface area contributed by atoms with Crippen molar-refractivity contribution < 1.29 is 17.3 Å². The van der Waals surface area contributed by atoms with Crippen LogP contribution < -0.4 is 0 Å². The van der Waals surface area contributed by atoms with Gasteiger partial charge in [0.2, 0.25) is 0 Å². The third-order valence-electron chi connectivity index (χ3n) is 1.93. The lowest BCUT2D eigenvalue weighted by atomic mass is 10.1. The van der Waals surface area contributed by atoms with Crippen molar-refractivity contribution in [3.8, 4) is 0 Å². The predicted octanol–water partition coefficient (Wildman–Crippen LogP) is 4.59. The highest BCUT2D eigenvalue weighted by Gasteiger charge is 2.20. The minimum absolute atomic E-state index is 1.24. The molecule has 0 aliphatic rings. The van der Waals surface area contributed by atoms with Crippen LogP contribution in [0.25, 0.3) is 0 Å². The fourth-order valence-corrected chi connectivity index (χ4v) is 1.29. The van der Waals surface area contributed by atoms with Gasteiger partial charge < -0.3 is 17.3 Å². The molecule has 94 valence electrons. The van der Waals surface area contributed by atoms with Gasteiger partial charge in [0.25, 0.3) is 0 Å². The van der Waals surface area contributed by atoms with Gasteiger partial charge in [-0.15, -0.1) is 0 Å². The molecule has 0 heterocycles. The molecule has 0 bridgehead atoms. The van der Waals surface area contributed by atoms with Gasteiger partial charge in [-0.25, -0.2) is 0 Å². The van der Waals surface area contributed by atoms with E-state index < -0.39 is 7.25 Å². The Hall–Kier alpha value is -1.91. The normalized spacial score (nSPS) is 10.2. The van der Waals surface area contributed by atoms with E-state index in [-0.39, 0.29) is 0 Å². The molecular formula is C13H11BF4. The minimum Gasteiger partial charge on any atom is -0.418 e. The van der Waals surface area contributed by atoms with E-state index in [1.54, 1.807) is 0 Å². The molecule has 0 unspecified atom stereocenters. The molecule has 0 aliphatic carbocycles. The monoisotopic (exact) mass is 254 g/mol. The van der Waals surface area contributed by atoms with Crippen LogP contribution in [0.3, 0.4) is 0 Å². The Bertz CT molecular complexity index is 396. The molecule has 18 heavy (non-hydrogen) atoms. The van der Waals surface area contributed by atoms with E-state index in [1.165, 1.54) is 11.1 Å². The SMILES string of the molecule is F[B-](F)(F)F.c1ccc([CH+]c2ccccc2)cc1. The Morgan fingerprint density at radius 3 is 1.17 bits per heavy atom. The smallest absolute Gasteiger partial charge is 0.418 e. The fraction of sp³-hybridized carbons (Fsp3) is 0. The summed E-state index contributed by atoms with van der Waals surface area (Å²) in [7, 11) is -6.00. The average molecular weight is 254 g/mol. The molecule has 0 saturated heterocycles. The number of hydrogen-bond donors (Lipinski definition) is 0. The predicted molar refractivity (Wildman–Crippen MR) is 65.6 cm³/mol. The zero-order chi connectivity index (χ0) is 13.4. The van der Waals surface area contributed by atoms with Crippen molar-refractivity contribution in [3.63, 3.8) is 0 Å². The van der Waals surface area contributed by atoms with Crippen LogP contribution in [0.5, 0.6) is 0 Å². The lowest BCUT2D eigenvalue weighted by Crippen LogP contribution is -2.02. The van der Waals surface area contributed by atoms with E-state index in [0.717, 1.165) is 0 Å². The molecule has 2 rings (SSSR count). The number of rotatable bonds is 2. The highest BCUT2D eigenvalue weighted by molar-refractivity contribution is 6.50. The van der Waals surface area contributed by atoms with Gasteiger partial charge in [-0.2, -0.15) is 0 Å². The summed E-state index contributed by atoms with van der Waals surface area (Å²) < 4.78 is 39.0. The summed E-state index contributed by atoms with van der Waals surface area (Å²) in [5.74, 6) is 0. The molecule has 0 amide bonds. The largest absolute Gasteiger partial charge is 0.673 e. The summed E-state index contributed by atoms with van der Waals surface area (Å²) in [6.45, 7) is 0. The quantitative estimate of drug-likeness (QED) is 0.417. The maximum absolute atomic E-state index is 9.75. The molecule has 0 saturated carbocycles. The van der Waals surface area contributed by atoms with Crippen LogP contribution in [0.4, 0.5) is 17.3 Å². The summed E-state index contributed by atoms with van der Waals surface area (Å²) in [6, 6.07) is 20.7. The zero-order valence-corrected chi connectivity index (χ0v) is 9.44. The highest BCUT2D eigenvalue weighted by atomic mass is 19.5. The van der Waals surface area contributed by atoms with Gasteiger partial charge in [0, 0.05) is 30.7 Å². The van der Waals surface area contributed by atoms with Crippen molar-refractivity contribution in [1.29, 1.82) is 0 Å². The Morgan fingerprint density at radius 2 is 0.889 bits per heavy atom. The van der Waals surface area contributed by atoms with Crippen molar-refractivity contribution in [2.45, 2.75) is 0 Å². The van der Waals surface area contributed by atoms with E-state index in [4.69, 9.17) is 0 Å². The van der Waals surface area contributed by atoms with Crippen molar-refractivity contribution in [2.75, 3.05) is 0 Å². The third kappa shape index (κ3) is 7.38. The van der Waals surface area contributed by atoms with E-state index in [0.29, 0.717) is 0 Å². The second-order valence-corrected chi connectivity index (χ2v) is 3.46. The Balaban J connectivity index is 0.000000280. The first-order valence-electron chi connectivity index (χ1n) is 5.27. The lowest BCUT2D eigenvalue weighted by molar-refractivity contribution is 0.368. The van der Waals surface area contributed by atoms with Crippen LogP contribution in [0.1, 0.15) is 11.1 Å². The molecule has 0 atom stereocenters. The summed E-state index contributed by atoms with van der Waals surface area (Å²) >= 11 is 0. The summed E-state index contributed by atoms with van der Waals surface area (Å²) in [5, 5.41) is 0. The third-order valence-corrected chi connectivity index (χ3v) is 1.93. The molecule has 0 fully saturated rings. The van der Waals surface area contributed by atoms with E-state index in [1.807, 2.05) is 12.1 Å². The molecule has 0 aliphatic heterocycles. The van der Waals surface area contributed by atoms with Crippen molar-refractivity contribution in [3.05, 3.63) is 78.2 Å². The van der Waals surface area contributed by atoms with Crippen molar-refractivity contribution in [1.82, 2.24) is 0 Å². The van der Waals surface area contributed by atoms with Crippen LogP contribution in [0, 0.1) is 6.42 Å². The average Bonchev–Trinajstić information content (AvgIpc) is 2.29. The molecule has 5 heteroatoms. The second-order valence-electron chi connectivity index (χ2n) is 3.46. The van der Waals surface area contributed by atoms with Crippen molar-refractivity contribution >= 4 is 7.25 Å². The first-order chi connectivity index (χ1) is 8.45. The van der Waals surface area contributed by atoms with Gasteiger partial charge in [0.15, 0.2) is 0 Å². The number of halogens is 4. The van der Waals surface area contributed by atoms with Gasteiger partial charge in [-0.05, 0) is 36.4 Å². The first-order valence-corrected chi connectivity index (χ1v) is 5.27. The first kappa shape index (κ1) is 14.2. The zero-order valence-electron chi connectivity index (χ0n) is 9.44. The molecule has 0 radical (unpaired) electrons. The number of benzene rings is 2. The minimum atomic E-state index is -6.00. The van der Waals surface area contributed by atoms with E-state index >= 15 is 0 Å². The van der Waals surface area contributed by atoms with Crippen LogP contribution in [0.2, 0.25) is 0 Å². The lowest BCUT2D eigenvalue weighted by Gasteiger charge is -1.94. The summed E-state index contributed by atoms with van der Waals surface area (Å²) in [5.41, 5.74) is 2.49. The van der Waals surface area contributed by atoms with Gasteiger partial charge in [0.1, 0.15) is 0 Å². The van der Waals surface area contributed by atoms with E-state index in [9.17, 15) is 17.3 Å². The molecule has 0 spiro atoms. The summed E-state index contributed by atoms with van der Waals surface area (Å²) in [6.07, 6.45) is 2.17. The van der Waals surface area contributed by atoms with Crippen LogP contribution >= 0.6 is 0 Å². The topological polar surface area (TPSA) is 0 Å². The summed E-state index contributed by atoms with van der Waals surface area (Å²) in [4.78, 5) is 0. The van der Waals surface area contributed by atoms with Gasteiger partial charge in [-0.1, -0.05) is 0 Å². The molecular weight excluding hydrogens is 243 g/mol.